The molecule has 0 fully saturated rings. The number of rotatable bonds is 4. The SMILES string of the molecule is Cc1ccc(F)c(C(N)CSc2ccc(F)cc2)c1. The van der Waals surface area contributed by atoms with Gasteiger partial charge in [0.1, 0.15) is 11.6 Å². The molecule has 0 amide bonds. The standard InChI is InChI=1S/C15H15F2NS/c1-10-2-7-14(17)13(8-10)15(18)9-19-12-5-3-11(16)4-6-12/h2-8,15H,9,18H2,1H3. The first-order chi connectivity index (χ1) is 9.06. The molecule has 2 rings (SSSR count). The van der Waals surface area contributed by atoms with E-state index in [1.807, 2.05) is 6.92 Å². The van der Waals surface area contributed by atoms with Crippen LogP contribution in [0.4, 0.5) is 8.78 Å². The van der Waals surface area contributed by atoms with Crippen LogP contribution in [0.5, 0.6) is 0 Å². The van der Waals surface area contributed by atoms with Crippen molar-refractivity contribution in [3.63, 3.8) is 0 Å². The summed E-state index contributed by atoms with van der Waals surface area (Å²) in [5.74, 6) is 0.00242. The molecule has 0 saturated carbocycles. The van der Waals surface area contributed by atoms with Crippen LogP contribution in [0.3, 0.4) is 0 Å². The van der Waals surface area contributed by atoms with E-state index < -0.39 is 0 Å². The number of halogens is 2. The number of thioether (sulfide) groups is 1. The van der Waals surface area contributed by atoms with Gasteiger partial charge < -0.3 is 5.73 Å². The summed E-state index contributed by atoms with van der Waals surface area (Å²) >= 11 is 1.49. The van der Waals surface area contributed by atoms with Crippen molar-refractivity contribution in [3.8, 4) is 0 Å². The van der Waals surface area contributed by atoms with Gasteiger partial charge in [0.25, 0.3) is 0 Å². The Labute approximate surface area is 115 Å². The van der Waals surface area contributed by atoms with Gasteiger partial charge in [-0.05, 0) is 37.3 Å². The molecule has 0 bridgehead atoms. The van der Waals surface area contributed by atoms with Gasteiger partial charge in [-0.15, -0.1) is 11.8 Å². The first-order valence-electron chi connectivity index (χ1n) is 5.96. The summed E-state index contributed by atoms with van der Waals surface area (Å²) in [5, 5.41) is 0. The molecular weight excluding hydrogens is 264 g/mol. The van der Waals surface area contributed by atoms with E-state index in [2.05, 4.69) is 0 Å². The third-order valence-corrected chi connectivity index (χ3v) is 3.93. The summed E-state index contributed by atoms with van der Waals surface area (Å²) in [5.41, 5.74) is 7.52. The van der Waals surface area contributed by atoms with Crippen molar-refractivity contribution >= 4 is 11.8 Å². The first-order valence-corrected chi connectivity index (χ1v) is 6.95. The highest BCUT2D eigenvalue weighted by molar-refractivity contribution is 7.99. The van der Waals surface area contributed by atoms with Crippen molar-refractivity contribution in [1.82, 2.24) is 0 Å². The fourth-order valence-corrected chi connectivity index (χ4v) is 2.63. The van der Waals surface area contributed by atoms with Crippen LogP contribution in [0.2, 0.25) is 0 Å². The Balaban J connectivity index is 2.03. The summed E-state index contributed by atoms with van der Waals surface area (Å²) in [7, 11) is 0. The Morgan fingerprint density at radius 2 is 1.79 bits per heavy atom. The predicted molar refractivity (Wildman–Crippen MR) is 75.2 cm³/mol. The van der Waals surface area contributed by atoms with Crippen LogP contribution in [0.25, 0.3) is 0 Å². The molecule has 0 saturated heterocycles. The van der Waals surface area contributed by atoms with Gasteiger partial charge in [0.05, 0.1) is 0 Å². The third-order valence-electron chi connectivity index (χ3n) is 2.79. The van der Waals surface area contributed by atoms with Crippen LogP contribution in [-0.4, -0.2) is 5.75 Å². The summed E-state index contributed by atoms with van der Waals surface area (Å²) in [4.78, 5) is 0.921. The Bertz CT molecular complexity index is 555. The summed E-state index contributed by atoms with van der Waals surface area (Å²) in [6.45, 7) is 1.91. The van der Waals surface area contributed by atoms with Crippen LogP contribution in [-0.2, 0) is 0 Å². The number of hydrogen-bond acceptors (Lipinski definition) is 2. The van der Waals surface area contributed by atoms with Crippen molar-refractivity contribution < 1.29 is 8.78 Å². The lowest BCUT2D eigenvalue weighted by atomic mass is 10.1. The van der Waals surface area contributed by atoms with Gasteiger partial charge in [-0.3, -0.25) is 0 Å². The normalized spacial score (nSPS) is 12.4. The lowest BCUT2D eigenvalue weighted by Gasteiger charge is -2.13. The van der Waals surface area contributed by atoms with Crippen molar-refractivity contribution in [3.05, 3.63) is 65.2 Å². The van der Waals surface area contributed by atoms with Gasteiger partial charge in [-0.2, -0.15) is 0 Å². The van der Waals surface area contributed by atoms with E-state index in [1.54, 1.807) is 24.3 Å². The van der Waals surface area contributed by atoms with E-state index in [9.17, 15) is 8.78 Å². The van der Waals surface area contributed by atoms with Crippen molar-refractivity contribution in [2.45, 2.75) is 17.9 Å². The third kappa shape index (κ3) is 3.78. The molecule has 0 aliphatic rings. The van der Waals surface area contributed by atoms with Gasteiger partial charge in [-0.25, -0.2) is 8.78 Å². The van der Waals surface area contributed by atoms with Crippen molar-refractivity contribution in [2.75, 3.05) is 5.75 Å². The van der Waals surface area contributed by atoms with Crippen LogP contribution in [0, 0.1) is 18.6 Å². The second kappa shape index (κ2) is 6.17. The monoisotopic (exact) mass is 279 g/mol. The van der Waals surface area contributed by atoms with E-state index in [0.717, 1.165) is 10.5 Å². The zero-order valence-corrected chi connectivity index (χ0v) is 11.4. The van der Waals surface area contributed by atoms with Crippen LogP contribution in [0.15, 0.2) is 47.4 Å². The highest BCUT2D eigenvalue weighted by atomic mass is 32.2. The molecule has 0 aliphatic heterocycles. The number of hydrogen-bond donors (Lipinski definition) is 1. The molecule has 0 radical (unpaired) electrons. The lowest BCUT2D eigenvalue weighted by molar-refractivity contribution is 0.594. The van der Waals surface area contributed by atoms with Gasteiger partial charge in [0.15, 0.2) is 0 Å². The van der Waals surface area contributed by atoms with Crippen molar-refractivity contribution in [1.29, 1.82) is 0 Å². The Kier molecular flexibility index (Phi) is 4.56. The van der Waals surface area contributed by atoms with Gasteiger partial charge in [0.2, 0.25) is 0 Å². The maximum atomic E-state index is 13.7. The second-order valence-electron chi connectivity index (χ2n) is 4.40. The fourth-order valence-electron chi connectivity index (χ4n) is 1.75. The highest BCUT2D eigenvalue weighted by Crippen LogP contribution is 2.25. The topological polar surface area (TPSA) is 26.0 Å². The minimum absolute atomic E-state index is 0.265. The zero-order valence-electron chi connectivity index (χ0n) is 10.6. The Morgan fingerprint density at radius 3 is 2.47 bits per heavy atom. The number of nitrogens with two attached hydrogens (primary N) is 1. The molecule has 0 spiro atoms. The van der Waals surface area contributed by atoms with Gasteiger partial charge in [0, 0.05) is 22.3 Å². The molecule has 2 N–H and O–H groups in total. The second-order valence-corrected chi connectivity index (χ2v) is 5.49. The molecule has 4 heteroatoms. The molecule has 0 heterocycles. The molecule has 2 aromatic carbocycles. The Morgan fingerprint density at radius 1 is 1.11 bits per heavy atom. The Hall–Kier alpha value is -1.39. The average Bonchev–Trinajstić information content (AvgIpc) is 2.40. The molecule has 2 aromatic rings. The average molecular weight is 279 g/mol. The maximum Gasteiger partial charge on any atom is 0.128 e. The molecule has 1 unspecified atom stereocenters. The lowest BCUT2D eigenvalue weighted by Crippen LogP contribution is -2.15. The number of benzene rings is 2. The van der Waals surface area contributed by atoms with Crippen molar-refractivity contribution in [2.24, 2.45) is 5.73 Å². The molecular formula is C15H15F2NS. The highest BCUT2D eigenvalue weighted by Gasteiger charge is 2.12. The van der Waals surface area contributed by atoms with E-state index >= 15 is 0 Å². The van der Waals surface area contributed by atoms with Crippen LogP contribution < -0.4 is 5.73 Å². The minimum Gasteiger partial charge on any atom is -0.323 e. The van der Waals surface area contributed by atoms with E-state index in [1.165, 1.54) is 30.0 Å². The molecule has 0 aliphatic carbocycles. The molecule has 100 valence electrons. The minimum atomic E-state index is -0.380. The van der Waals surface area contributed by atoms with Crippen LogP contribution in [0.1, 0.15) is 17.2 Å². The molecule has 1 atom stereocenters. The maximum absolute atomic E-state index is 13.7. The van der Waals surface area contributed by atoms with Gasteiger partial charge in [-0.1, -0.05) is 17.7 Å². The van der Waals surface area contributed by atoms with Crippen LogP contribution >= 0.6 is 11.8 Å². The largest absolute Gasteiger partial charge is 0.323 e. The van der Waals surface area contributed by atoms with E-state index in [-0.39, 0.29) is 17.7 Å². The summed E-state index contributed by atoms with van der Waals surface area (Å²) < 4.78 is 26.4. The summed E-state index contributed by atoms with van der Waals surface area (Å²) in [6.07, 6.45) is 0. The number of aryl methyl sites for hydroxylation is 1. The molecule has 19 heavy (non-hydrogen) atoms. The zero-order chi connectivity index (χ0) is 13.8. The fraction of sp³-hybridized carbons (Fsp3) is 0.200. The first kappa shape index (κ1) is 14.0. The van der Waals surface area contributed by atoms with E-state index in [4.69, 9.17) is 5.73 Å². The molecule has 0 aromatic heterocycles. The van der Waals surface area contributed by atoms with Gasteiger partial charge >= 0.3 is 0 Å². The van der Waals surface area contributed by atoms with E-state index in [0.29, 0.717) is 11.3 Å². The predicted octanol–water partition coefficient (Wildman–Crippen LogP) is 4.07. The summed E-state index contributed by atoms with van der Waals surface area (Å²) in [6, 6.07) is 10.7. The smallest absolute Gasteiger partial charge is 0.128 e. The quantitative estimate of drug-likeness (QED) is 0.854. The molecule has 1 nitrogen and oxygen atoms in total.